The Balaban J connectivity index is 1.29. The van der Waals surface area contributed by atoms with E-state index in [1.807, 2.05) is 48.5 Å². The lowest BCUT2D eigenvalue weighted by atomic mass is 9.55. The van der Waals surface area contributed by atoms with Gasteiger partial charge in [0, 0.05) is 29.5 Å². The molecule has 3 aliphatic carbocycles. The van der Waals surface area contributed by atoms with E-state index in [-0.39, 0.29) is 23.1 Å². The number of esters is 1. The van der Waals surface area contributed by atoms with Gasteiger partial charge in [-0.05, 0) is 28.2 Å². The highest BCUT2D eigenvalue weighted by molar-refractivity contribution is 6.10. The Bertz CT molecular complexity index is 1480. The second-order valence-electron chi connectivity index (χ2n) is 10.8. The number of carbonyl (C=O) groups excluding carboxylic acids is 4. The Kier molecular flexibility index (Phi) is 6.09. The van der Waals surface area contributed by atoms with E-state index in [1.165, 1.54) is 18.2 Å². The second-order valence-corrected chi connectivity index (χ2v) is 10.8. The molecule has 9 heteroatoms. The van der Waals surface area contributed by atoms with E-state index in [9.17, 15) is 29.3 Å². The van der Waals surface area contributed by atoms with Crippen LogP contribution < -0.4 is 0 Å². The van der Waals surface area contributed by atoms with Gasteiger partial charge >= 0.3 is 5.97 Å². The molecule has 2 amide bonds. The molecule has 0 spiro atoms. The maximum atomic E-state index is 14.0. The van der Waals surface area contributed by atoms with Crippen molar-refractivity contribution in [3.8, 4) is 0 Å². The summed E-state index contributed by atoms with van der Waals surface area (Å²) in [4.78, 5) is 65.6. The third-order valence-electron chi connectivity index (χ3n) is 8.36. The van der Waals surface area contributed by atoms with E-state index >= 15 is 0 Å². The van der Waals surface area contributed by atoms with Crippen molar-refractivity contribution in [2.75, 3.05) is 6.61 Å². The van der Waals surface area contributed by atoms with E-state index in [0.29, 0.717) is 0 Å². The molecule has 0 radical (unpaired) electrons. The number of ketones is 1. The fourth-order valence-electron chi connectivity index (χ4n) is 6.75. The minimum Gasteiger partial charge on any atom is -0.456 e. The highest BCUT2D eigenvalue weighted by Gasteiger charge is 2.63. The lowest BCUT2D eigenvalue weighted by molar-refractivity contribution is -0.384. The number of carbonyl (C=O) groups is 4. The van der Waals surface area contributed by atoms with Crippen LogP contribution in [0, 0.1) is 27.9 Å². The highest BCUT2D eigenvalue weighted by atomic mass is 16.6. The summed E-state index contributed by atoms with van der Waals surface area (Å²) in [6.45, 7) is 2.76. The number of nitrogens with zero attached hydrogens (tertiary/aromatic N) is 2. The highest BCUT2D eigenvalue weighted by Crippen LogP contribution is 2.61. The van der Waals surface area contributed by atoms with Gasteiger partial charge in [-0.3, -0.25) is 29.4 Å². The van der Waals surface area contributed by atoms with Crippen LogP contribution >= 0.6 is 0 Å². The molecular formula is C31H26N2O7. The monoisotopic (exact) mass is 538 g/mol. The number of imide groups is 1. The van der Waals surface area contributed by atoms with Gasteiger partial charge in [-0.1, -0.05) is 74.5 Å². The van der Waals surface area contributed by atoms with Crippen LogP contribution in [0.15, 0.2) is 72.8 Å². The van der Waals surface area contributed by atoms with E-state index in [0.717, 1.165) is 33.2 Å². The van der Waals surface area contributed by atoms with Crippen molar-refractivity contribution in [3.05, 3.63) is 111 Å². The molecule has 4 aliphatic rings. The molecule has 0 saturated carbocycles. The number of ether oxygens (including phenoxy) is 1. The molecule has 0 N–H and O–H groups in total. The summed E-state index contributed by atoms with van der Waals surface area (Å²) in [6.07, 6.45) is 0. The first-order valence-corrected chi connectivity index (χ1v) is 13.2. The Hall–Kier alpha value is -4.66. The molecule has 2 bridgehead atoms. The van der Waals surface area contributed by atoms with Gasteiger partial charge in [0.1, 0.15) is 6.04 Å². The summed E-state index contributed by atoms with van der Waals surface area (Å²) < 4.78 is 5.33. The zero-order valence-corrected chi connectivity index (χ0v) is 21.9. The normalized spacial score (nSPS) is 22.9. The molecule has 1 heterocycles. The summed E-state index contributed by atoms with van der Waals surface area (Å²) in [5.41, 5.74) is 3.88. The van der Waals surface area contributed by atoms with Crippen molar-refractivity contribution < 1.29 is 28.8 Å². The lowest BCUT2D eigenvalue weighted by Crippen LogP contribution is -2.49. The second kappa shape index (κ2) is 9.51. The van der Waals surface area contributed by atoms with Crippen molar-refractivity contribution in [2.45, 2.75) is 31.7 Å². The number of rotatable bonds is 7. The van der Waals surface area contributed by atoms with Crippen LogP contribution in [0.5, 0.6) is 0 Å². The molecule has 0 unspecified atom stereocenters. The predicted octanol–water partition coefficient (Wildman–Crippen LogP) is 4.24. The average molecular weight is 539 g/mol. The van der Waals surface area contributed by atoms with Crippen molar-refractivity contribution in [2.24, 2.45) is 17.8 Å². The molecule has 9 nitrogen and oxygen atoms in total. The van der Waals surface area contributed by atoms with Gasteiger partial charge in [-0.25, -0.2) is 4.79 Å². The van der Waals surface area contributed by atoms with Crippen molar-refractivity contribution in [1.82, 2.24) is 4.90 Å². The first-order chi connectivity index (χ1) is 19.2. The molecule has 40 heavy (non-hydrogen) atoms. The first kappa shape index (κ1) is 25.6. The van der Waals surface area contributed by atoms with Crippen LogP contribution in [-0.4, -0.2) is 46.0 Å². The van der Waals surface area contributed by atoms with Crippen LogP contribution in [0.3, 0.4) is 0 Å². The third kappa shape index (κ3) is 3.76. The maximum Gasteiger partial charge on any atom is 0.330 e. The van der Waals surface area contributed by atoms with Gasteiger partial charge in [0.15, 0.2) is 6.61 Å². The minimum absolute atomic E-state index is 0.0227. The molecule has 1 saturated heterocycles. The van der Waals surface area contributed by atoms with E-state index in [4.69, 9.17) is 4.74 Å². The summed E-state index contributed by atoms with van der Waals surface area (Å²) in [5, 5.41) is 11.1. The molecule has 0 aromatic heterocycles. The van der Waals surface area contributed by atoms with Crippen molar-refractivity contribution in [3.63, 3.8) is 0 Å². The Morgan fingerprint density at radius 1 is 0.850 bits per heavy atom. The fourth-order valence-corrected chi connectivity index (χ4v) is 6.75. The topological polar surface area (TPSA) is 124 Å². The summed E-state index contributed by atoms with van der Waals surface area (Å²) in [6, 6.07) is 19.7. The quantitative estimate of drug-likeness (QED) is 0.145. The Labute approximate surface area is 229 Å². The number of hydrogen-bond donors (Lipinski definition) is 0. The number of amides is 2. The lowest BCUT2D eigenvalue weighted by Gasteiger charge is -2.45. The van der Waals surface area contributed by atoms with Crippen LogP contribution in [0.2, 0.25) is 0 Å². The molecule has 3 aromatic rings. The van der Waals surface area contributed by atoms with E-state index in [1.54, 1.807) is 13.8 Å². The Morgan fingerprint density at radius 3 is 1.80 bits per heavy atom. The summed E-state index contributed by atoms with van der Waals surface area (Å²) >= 11 is 0. The number of likely N-dealkylation sites (tertiary alicyclic amines) is 1. The van der Waals surface area contributed by atoms with Gasteiger partial charge in [0.25, 0.3) is 5.69 Å². The van der Waals surface area contributed by atoms with Gasteiger partial charge in [-0.15, -0.1) is 0 Å². The summed E-state index contributed by atoms with van der Waals surface area (Å²) in [7, 11) is 0. The number of Topliss-reactive ketones (excluding diaryl/α,β-unsaturated/α-hetero) is 1. The van der Waals surface area contributed by atoms with Gasteiger partial charge in [-0.2, -0.15) is 0 Å². The van der Waals surface area contributed by atoms with Gasteiger partial charge in [0.05, 0.1) is 16.8 Å². The predicted molar refractivity (Wildman–Crippen MR) is 142 cm³/mol. The van der Waals surface area contributed by atoms with Crippen molar-refractivity contribution >= 4 is 29.3 Å². The largest absolute Gasteiger partial charge is 0.456 e. The zero-order valence-electron chi connectivity index (χ0n) is 21.9. The van der Waals surface area contributed by atoms with E-state index in [2.05, 4.69) is 0 Å². The average Bonchev–Trinajstić information content (AvgIpc) is 3.21. The number of nitro groups is 1. The van der Waals surface area contributed by atoms with Crippen molar-refractivity contribution in [1.29, 1.82) is 0 Å². The number of hydrogen-bond acceptors (Lipinski definition) is 7. The first-order valence-electron chi connectivity index (χ1n) is 13.2. The molecule has 202 valence electrons. The van der Waals surface area contributed by atoms with E-state index < -0.39 is 58.9 Å². The number of benzene rings is 3. The summed E-state index contributed by atoms with van der Waals surface area (Å²) in [5.74, 6) is -4.66. The van der Waals surface area contributed by atoms with Gasteiger partial charge in [0.2, 0.25) is 17.6 Å². The van der Waals surface area contributed by atoms with Crippen LogP contribution in [0.4, 0.5) is 5.69 Å². The fraction of sp³-hybridized carbons (Fsp3) is 0.290. The van der Waals surface area contributed by atoms with Crippen LogP contribution in [-0.2, 0) is 19.1 Å². The molecule has 3 aromatic carbocycles. The maximum absolute atomic E-state index is 14.0. The van der Waals surface area contributed by atoms with Crippen LogP contribution in [0.25, 0.3) is 0 Å². The zero-order chi connectivity index (χ0) is 28.3. The standard InChI is InChI=1S/C31H26N2O7/c1-16(2)28(31(37)40-15-23(34)17-8-7-9-18(14-17)33(38)39)32-29(35)26-24-19-10-3-4-11-20(19)25(27(26)30(32)36)22-13-6-5-12-21(22)24/h3-14,16,24-28H,15H2,1-2H3/t24?,25?,26-,27+,28-/m1/s1. The molecular weight excluding hydrogens is 512 g/mol. The molecule has 1 fully saturated rings. The van der Waals surface area contributed by atoms with Gasteiger partial charge < -0.3 is 4.74 Å². The molecule has 3 atom stereocenters. The minimum atomic E-state index is -1.21. The number of non-ortho nitro benzene ring substituents is 1. The smallest absolute Gasteiger partial charge is 0.330 e. The molecule has 7 rings (SSSR count). The van der Waals surface area contributed by atoms with Crippen LogP contribution in [0.1, 0.15) is 58.3 Å². The third-order valence-corrected chi connectivity index (χ3v) is 8.36. The Morgan fingerprint density at radius 2 is 1.35 bits per heavy atom. The molecule has 1 aliphatic heterocycles. The number of nitro benzene ring substituents is 1. The SMILES string of the molecule is CC(C)[C@H](C(=O)OCC(=O)c1cccc([N+](=O)[O-])c1)N1C(=O)[C@@H]2C3c4ccccc4C(c4ccccc43)[C@@H]2C1=O.